The lowest BCUT2D eigenvalue weighted by Gasteiger charge is -2.31. The van der Waals surface area contributed by atoms with Gasteiger partial charge in [-0.1, -0.05) is 0 Å². The quantitative estimate of drug-likeness (QED) is 0.639. The van der Waals surface area contributed by atoms with E-state index in [1.165, 1.54) is 24.3 Å². The standard InChI is InChI=1S/C10H26O2S2/c1-11-13(3,4)9-7-8-10-14(5,6)12-2/h7-10H2,1-6H3. The molecule has 0 aromatic heterocycles. The molecule has 0 N–H and O–H groups in total. The van der Waals surface area contributed by atoms with Crippen LogP contribution in [0.3, 0.4) is 0 Å². The molecule has 0 bridgehead atoms. The molecule has 0 aliphatic heterocycles. The second-order valence-electron chi connectivity index (χ2n) is 4.32. The van der Waals surface area contributed by atoms with Gasteiger partial charge >= 0.3 is 0 Å². The maximum Gasteiger partial charge on any atom is 0.0481 e. The molecule has 0 heterocycles. The van der Waals surface area contributed by atoms with Crippen LogP contribution < -0.4 is 0 Å². The average molecular weight is 242 g/mol. The maximum absolute atomic E-state index is 5.46. The fourth-order valence-corrected chi connectivity index (χ4v) is 3.20. The van der Waals surface area contributed by atoms with Crippen molar-refractivity contribution in [2.24, 2.45) is 0 Å². The van der Waals surface area contributed by atoms with E-state index < -0.39 is 20.6 Å². The van der Waals surface area contributed by atoms with Crippen LogP contribution in [0.4, 0.5) is 0 Å². The third-order valence-electron chi connectivity index (χ3n) is 2.42. The summed E-state index contributed by atoms with van der Waals surface area (Å²) in [6.45, 7) is 0. The summed E-state index contributed by atoms with van der Waals surface area (Å²) in [5.41, 5.74) is 0. The molecular formula is C10H26O2S2. The van der Waals surface area contributed by atoms with E-state index in [1.807, 2.05) is 14.2 Å². The Morgan fingerprint density at radius 1 is 0.714 bits per heavy atom. The van der Waals surface area contributed by atoms with Gasteiger partial charge in [0.15, 0.2) is 0 Å². The van der Waals surface area contributed by atoms with E-state index in [-0.39, 0.29) is 0 Å². The van der Waals surface area contributed by atoms with Gasteiger partial charge in [-0.3, -0.25) is 0 Å². The van der Waals surface area contributed by atoms with Crippen molar-refractivity contribution in [3.63, 3.8) is 0 Å². The zero-order valence-electron chi connectivity index (χ0n) is 10.5. The zero-order chi connectivity index (χ0) is 11.2. The summed E-state index contributed by atoms with van der Waals surface area (Å²) < 4.78 is 10.9. The zero-order valence-corrected chi connectivity index (χ0v) is 12.1. The molecule has 0 rings (SSSR count). The Bertz CT molecular complexity index is 140. The highest BCUT2D eigenvalue weighted by Crippen LogP contribution is 2.43. The summed E-state index contributed by atoms with van der Waals surface area (Å²) in [5, 5.41) is 0. The first-order valence-electron chi connectivity index (χ1n) is 4.86. The minimum Gasteiger partial charge on any atom is -0.340 e. The summed E-state index contributed by atoms with van der Waals surface area (Å²) in [7, 11) is 2.09. The SMILES string of the molecule is COS(C)(C)CCCCS(C)(C)OC. The predicted octanol–water partition coefficient (Wildman–Crippen LogP) is 3.02. The smallest absolute Gasteiger partial charge is 0.0481 e. The topological polar surface area (TPSA) is 18.5 Å². The molecule has 90 valence electrons. The Morgan fingerprint density at radius 2 is 1.00 bits per heavy atom. The monoisotopic (exact) mass is 242 g/mol. The second kappa shape index (κ2) is 6.26. The number of hydrogen-bond acceptors (Lipinski definition) is 2. The van der Waals surface area contributed by atoms with Crippen molar-refractivity contribution in [2.45, 2.75) is 12.8 Å². The number of rotatable bonds is 7. The lowest BCUT2D eigenvalue weighted by molar-refractivity contribution is 0.466. The predicted molar refractivity (Wildman–Crippen MR) is 71.9 cm³/mol. The van der Waals surface area contributed by atoms with Crippen LogP contribution in [-0.2, 0) is 8.37 Å². The van der Waals surface area contributed by atoms with Crippen molar-refractivity contribution >= 4 is 20.6 Å². The van der Waals surface area contributed by atoms with Gasteiger partial charge in [0.05, 0.1) is 0 Å². The lowest BCUT2D eigenvalue weighted by Crippen LogP contribution is -2.07. The Kier molecular flexibility index (Phi) is 6.53. The second-order valence-corrected chi connectivity index (χ2v) is 11.6. The molecule has 0 saturated heterocycles. The summed E-state index contributed by atoms with van der Waals surface area (Å²) in [4.78, 5) is 0. The highest BCUT2D eigenvalue weighted by Gasteiger charge is 2.12. The van der Waals surface area contributed by atoms with Crippen LogP contribution in [0.25, 0.3) is 0 Å². The third kappa shape index (κ3) is 6.98. The Labute approximate surface area is 92.8 Å². The third-order valence-corrected chi connectivity index (χ3v) is 6.77. The van der Waals surface area contributed by atoms with Gasteiger partial charge in [0.1, 0.15) is 0 Å². The van der Waals surface area contributed by atoms with Gasteiger partial charge in [0, 0.05) is 14.2 Å². The van der Waals surface area contributed by atoms with Gasteiger partial charge in [-0.25, -0.2) is 0 Å². The van der Waals surface area contributed by atoms with Gasteiger partial charge in [-0.2, -0.15) is 0 Å². The van der Waals surface area contributed by atoms with Crippen LogP contribution >= 0.6 is 20.6 Å². The molecule has 0 aliphatic rings. The van der Waals surface area contributed by atoms with Gasteiger partial charge in [0.25, 0.3) is 0 Å². The fourth-order valence-electron chi connectivity index (χ4n) is 1.07. The first kappa shape index (κ1) is 14.6. The average Bonchev–Trinajstić information content (AvgIpc) is 2.13. The van der Waals surface area contributed by atoms with Crippen molar-refractivity contribution in [1.29, 1.82) is 0 Å². The maximum atomic E-state index is 5.46. The molecule has 0 fully saturated rings. The molecule has 0 spiro atoms. The van der Waals surface area contributed by atoms with Gasteiger partial charge in [-0.15, -0.1) is 20.6 Å². The molecule has 0 atom stereocenters. The van der Waals surface area contributed by atoms with E-state index >= 15 is 0 Å². The molecular weight excluding hydrogens is 216 g/mol. The van der Waals surface area contributed by atoms with Gasteiger partial charge in [-0.05, 0) is 49.4 Å². The molecule has 0 aromatic carbocycles. The van der Waals surface area contributed by atoms with E-state index in [0.717, 1.165) is 0 Å². The fraction of sp³-hybridized carbons (Fsp3) is 1.00. The normalized spacial score (nSPS) is 15.6. The van der Waals surface area contributed by atoms with E-state index in [2.05, 4.69) is 25.0 Å². The van der Waals surface area contributed by atoms with Crippen molar-refractivity contribution in [3.8, 4) is 0 Å². The van der Waals surface area contributed by atoms with Crippen LogP contribution in [0.5, 0.6) is 0 Å². The van der Waals surface area contributed by atoms with E-state index in [1.54, 1.807) is 0 Å². The van der Waals surface area contributed by atoms with E-state index in [9.17, 15) is 0 Å². The van der Waals surface area contributed by atoms with Gasteiger partial charge < -0.3 is 8.37 Å². The molecule has 4 heteroatoms. The van der Waals surface area contributed by atoms with Crippen molar-refractivity contribution in [1.82, 2.24) is 0 Å². The van der Waals surface area contributed by atoms with E-state index in [4.69, 9.17) is 8.37 Å². The lowest BCUT2D eigenvalue weighted by atomic mass is 10.4. The first-order valence-corrected chi connectivity index (χ1v) is 9.95. The van der Waals surface area contributed by atoms with Gasteiger partial charge in [0.2, 0.25) is 0 Å². The van der Waals surface area contributed by atoms with Crippen LogP contribution in [0.2, 0.25) is 0 Å². The molecule has 14 heavy (non-hydrogen) atoms. The Balaban J connectivity index is 3.57. The minimum atomic E-state index is -0.776. The highest BCUT2D eigenvalue weighted by atomic mass is 32.3. The van der Waals surface area contributed by atoms with Crippen LogP contribution in [0.15, 0.2) is 0 Å². The molecule has 0 amide bonds. The Morgan fingerprint density at radius 3 is 1.21 bits per heavy atom. The molecule has 0 aromatic rings. The van der Waals surface area contributed by atoms with Crippen molar-refractivity contribution in [2.75, 3.05) is 50.7 Å². The number of hydrogen-bond donors (Lipinski definition) is 0. The van der Waals surface area contributed by atoms with Crippen LogP contribution in [-0.4, -0.2) is 50.7 Å². The molecule has 0 unspecified atom stereocenters. The minimum absolute atomic E-state index is 0.776. The van der Waals surface area contributed by atoms with Crippen molar-refractivity contribution in [3.05, 3.63) is 0 Å². The number of unbranched alkanes of at least 4 members (excludes halogenated alkanes) is 1. The molecule has 2 nitrogen and oxygen atoms in total. The first-order chi connectivity index (χ1) is 6.33. The molecule has 0 radical (unpaired) electrons. The van der Waals surface area contributed by atoms with Crippen molar-refractivity contribution < 1.29 is 8.37 Å². The highest BCUT2D eigenvalue weighted by molar-refractivity contribution is 8.29. The Hall–Kier alpha value is 0.620. The largest absolute Gasteiger partial charge is 0.340 e. The van der Waals surface area contributed by atoms with E-state index in [0.29, 0.717) is 0 Å². The van der Waals surface area contributed by atoms with Crippen LogP contribution in [0, 0.1) is 0 Å². The van der Waals surface area contributed by atoms with Crippen LogP contribution in [0.1, 0.15) is 12.8 Å². The molecule has 0 saturated carbocycles. The summed E-state index contributed by atoms with van der Waals surface area (Å²) >= 11 is 0. The summed E-state index contributed by atoms with van der Waals surface area (Å²) in [6, 6.07) is 0. The summed E-state index contributed by atoms with van der Waals surface area (Å²) in [5.74, 6) is 2.42. The molecule has 0 aliphatic carbocycles. The summed E-state index contributed by atoms with van der Waals surface area (Å²) in [6.07, 6.45) is 11.4.